The summed E-state index contributed by atoms with van der Waals surface area (Å²) in [4.78, 5) is 17.2. The highest BCUT2D eigenvalue weighted by Crippen LogP contribution is 2.26. The van der Waals surface area contributed by atoms with Gasteiger partial charge in [0.15, 0.2) is 6.10 Å². The highest BCUT2D eigenvalue weighted by Gasteiger charge is 2.28. The number of anilines is 1. The molecule has 2 aromatic carbocycles. The van der Waals surface area contributed by atoms with Gasteiger partial charge in [0.05, 0.1) is 0 Å². The molecule has 150 valence electrons. The predicted octanol–water partition coefficient (Wildman–Crippen LogP) is 5.12. The first-order valence-electron chi connectivity index (χ1n) is 9.61. The Morgan fingerprint density at radius 1 is 1.04 bits per heavy atom. The third-order valence-electron chi connectivity index (χ3n) is 5.16. The lowest BCUT2D eigenvalue weighted by Gasteiger charge is -2.38. The van der Waals surface area contributed by atoms with Crippen LogP contribution in [0.4, 0.5) is 5.69 Å². The highest BCUT2D eigenvalue weighted by molar-refractivity contribution is 6.31. The summed E-state index contributed by atoms with van der Waals surface area (Å²) in [6, 6.07) is 11.4. The third kappa shape index (κ3) is 4.73. The number of nitrogens with zero attached hydrogens (tertiary/aromatic N) is 2. The fourth-order valence-electron chi connectivity index (χ4n) is 3.46. The van der Waals surface area contributed by atoms with Crippen LogP contribution in [0.2, 0.25) is 10.0 Å². The number of ether oxygens (including phenoxy) is 1. The van der Waals surface area contributed by atoms with Crippen LogP contribution in [0.1, 0.15) is 24.5 Å². The third-order valence-corrected chi connectivity index (χ3v) is 5.82. The Hall–Kier alpha value is -1.91. The smallest absolute Gasteiger partial charge is 0.263 e. The Labute approximate surface area is 177 Å². The Balaban J connectivity index is 1.63. The van der Waals surface area contributed by atoms with Crippen LogP contribution in [0, 0.1) is 13.8 Å². The van der Waals surface area contributed by atoms with Crippen LogP contribution < -0.4 is 9.64 Å². The van der Waals surface area contributed by atoms with E-state index in [1.165, 1.54) is 5.56 Å². The number of amides is 1. The minimum absolute atomic E-state index is 0.0394. The molecule has 0 bridgehead atoms. The molecule has 1 heterocycles. The summed E-state index contributed by atoms with van der Waals surface area (Å²) in [5.74, 6) is 0.716. The molecule has 1 fully saturated rings. The van der Waals surface area contributed by atoms with Crippen LogP contribution in [0.3, 0.4) is 0 Å². The van der Waals surface area contributed by atoms with Crippen molar-refractivity contribution in [3.8, 4) is 5.75 Å². The first-order chi connectivity index (χ1) is 13.4. The van der Waals surface area contributed by atoms with E-state index in [-0.39, 0.29) is 5.91 Å². The zero-order valence-electron chi connectivity index (χ0n) is 16.5. The fraction of sp³-hybridized carbons (Fsp3) is 0.409. The summed E-state index contributed by atoms with van der Waals surface area (Å²) in [7, 11) is 0. The Morgan fingerprint density at radius 3 is 2.39 bits per heavy atom. The largest absolute Gasteiger partial charge is 0.481 e. The quantitative estimate of drug-likeness (QED) is 0.672. The summed E-state index contributed by atoms with van der Waals surface area (Å²) >= 11 is 12.2. The predicted molar refractivity (Wildman–Crippen MR) is 116 cm³/mol. The van der Waals surface area contributed by atoms with Gasteiger partial charge in [0.25, 0.3) is 5.91 Å². The summed E-state index contributed by atoms with van der Waals surface area (Å²) < 4.78 is 5.98. The molecule has 6 heteroatoms. The topological polar surface area (TPSA) is 32.8 Å². The molecule has 0 aliphatic carbocycles. The molecule has 0 aromatic heterocycles. The Bertz CT molecular complexity index is 848. The molecule has 0 saturated carbocycles. The van der Waals surface area contributed by atoms with Crippen molar-refractivity contribution in [2.45, 2.75) is 33.3 Å². The van der Waals surface area contributed by atoms with Crippen molar-refractivity contribution in [1.82, 2.24) is 4.90 Å². The molecule has 28 heavy (non-hydrogen) atoms. The molecule has 4 nitrogen and oxygen atoms in total. The molecule has 0 N–H and O–H groups in total. The number of aryl methyl sites for hydroxylation is 2. The number of carbonyl (C=O) groups excluding carboxylic acids is 1. The van der Waals surface area contributed by atoms with Crippen LogP contribution in [0.15, 0.2) is 36.4 Å². The van der Waals surface area contributed by atoms with E-state index >= 15 is 0 Å². The number of hydrogen-bond acceptors (Lipinski definition) is 3. The maximum Gasteiger partial charge on any atom is 0.263 e. The molecular weight excluding hydrogens is 395 g/mol. The molecule has 1 amide bonds. The van der Waals surface area contributed by atoms with Crippen molar-refractivity contribution in [1.29, 1.82) is 0 Å². The molecule has 1 saturated heterocycles. The van der Waals surface area contributed by atoms with E-state index in [4.69, 9.17) is 27.9 Å². The number of carbonyl (C=O) groups is 1. The van der Waals surface area contributed by atoms with Gasteiger partial charge in [0.1, 0.15) is 5.75 Å². The van der Waals surface area contributed by atoms with Crippen molar-refractivity contribution in [2.24, 2.45) is 0 Å². The molecule has 2 aromatic rings. The van der Waals surface area contributed by atoms with Crippen LogP contribution >= 0.6 is 23.2 Å². The minimum Gasteiger partial charge on any atom is -0.481 e. The van der Waals surface area contributed by atoms with Gasteiger partial charge in [-0.3, -0.25) is 4.79 Å². The van der Waals surface area contributed by atoms with Crippen molar-refractivity contribution in [2.75, 3.05) is 31.1 Å². The highest BCUT2D eigenvalue weighted by atomic mass is 35.5. The average Bonchev–Trinajstić information content (AvgIpc) is 2.70. The van der Waals surface area contributed by atoms with Crippen molar-refractivity contribution < 1.29 is 9.53 Å². The first kappa shape index (κ1) is 20.8. The van der Waals surface area contributed by atoms with Gasteiger partial charge in [-0.25, -0.2) is 0 Å². The SMILES string of the molecule is CCC(Oc1ccc(Cl)c(C)c1)C(=O)N1CCN(c2cc(Cl)ccc2C)CC1. The van der Waals surface area contributed by atoms with Crippen LogP contribution in [0.5, 0.6) is 5.75 Å². The standard InChI is InChI=1S/C22H26Cl2N2O2/c1-4-21(28-18-7-8-19(24)16(3)13-18)22(27)26-11-9-25(10-12-26)20-14-17(23)6-5-15(20)2/h5-8,13-14,21H,4,9-12H2,1-3H3. The lowest BCUT2D eigenvalue weighted by atomic mass is 10.1. The molecule has 1 atom stereocenters. The fourth-order valence-corrected chi connectivity index (χ4v) is 3.74. The monoisotopic (exact) mass is 420 g/mol. The van der Waals surface area contributed by atoms with Crippen LogP contribution in [-0.2, 0) is 4.79 Å². The van der Waals surface area contributed by atoms with Gasteiger partial charge >= 0.3 is 0 Å². The molecular formula is C22H26Cl2N2O2. The summed E-state index contributed by atoms with van der Waals surface area (Å²) in [6.07, 6.45) is 0.133. The second-order valence-corrected chi connectivity index (χ2v) is 8.01. The number of rotatable bonds is 5. The van der Waals surface area contributed by atoms with Gasteiger partial charge in [-0.05, 0) is 61.7 Å². The van der Waals surface area contributed by atoms with Crippen molar-refractivity contribution in [3.63, 3.8) is 0 Å². The summed E-state index contributed by atoms with van der Waals surface area (Å²) in [5.41, 5.74) is 3.27. The van der Waals surface area contributed by atoms with Crippen LogP contribution in [-0.4, -0.2) is 43.1 Å². The zero-order valence-corrected chi connectivity index (χ0v) is 18.1. The van der Waals surface area contributed by atoms with Gasteiger partial charge in [0, 0.05) is 41.9 Å². The van der Waals surface area contributed by atoms with E-state index in [1.807, 2.05) is 49.1 Å². The molecule has 0 spiro atoms. The van der Waals surface area contributed by atoms with Gasteiger partial charge < -0.3 is 14.5 Å². The van der Waals surface area contributed by atoms with E-state index in [0.717, 1.165) is 29.4 Å². The minimum atomic E-state index is -0.486. The molecule has 1 aliphatic rings. The molecule has 1 unspecified atom stereocenters. The van der Waals surface area contributed by atoms with E-state index in [2.05, 4.69) is 11.8 Å². The molecule has 3 rings (SSSR count). The molecule has 0 radical (unpaired) electrons. The van der Waals surface area contributed by atoms with E-state index < -0.39 is 6.10 Å². The maximum absolute atomic E-state index is 13.0. The van der Waals surface area contributed by atoms with Crippen LogP contribution in [0.25, 0.3) is 0 Å². The Morgan fingerprint density at radius 2 is 1.75 bits per heavy atom. The number of halogens is 2. The Kier molecular flexibility index (Phi) is 6.73. The normalized spacial score (nSPS) is 15.5. The maximum atomic E-state index is 13.0. The lowest BCUT2D eigenvalue weighted by molar-refractivity contribution is -0.139. The molecule has 1 aliphatic heterocycles. The van der Waals surface area contributed by atoms with E-state index in [9.17, 15) is 4.79 Å². The van der Waals surface area contributed by atoms with Gasteiger partial charge in [-0.2, -0.15) is 0 Å². The summed E-state index contributed by atoms with van der Waals surface area (Å²) in [6.45, 7) is 8.88. The second kappa shape index (κ2) is 9.06. The zero-order chi connectivity index (χ0) is 20.3. The van der Waals surface area contributed by atoms with E-state index in [0.29, 0.717) is 30.3 Å². The lowest BCUT2D eigenvalue weighted by Crippen LogP contribution is -2.52. The first-order valence-corrected chi connectivity index (χ1v) is 10.4. The van der Waals surface area contributed by atoms with Gasteiger partial charge in [-0.15, -0.1) is 0 Å². The number of hydrogen-bond donors (Lipinski definition) is 0. The number of benzene rings is 2. The summed E-state index contributed by atoms with van der Waals surface area (Å²) in [5, 5.41) is 1.43. The van der Waals surface area contributed by atoms with Gasteiger partial charge in [0.2, 0.25) is 0 Å². The van der Waals surface area contributed by atoms with Crippen molar-refractivity contribution >= 4 is 34.8 Å². The number of piperazine rings is 1. The second-order valence-electron chi connectivity index (χ2n) is 7.17. The average molecular weight is 421 g/mol. The van der Waals surface area contributed by atoms with Crippen molar-refractivity contribution in [3.05, 3.63) is 57.6 Å². The van der Waals surface area contributed by atoms with E-state index in [1.54, 1.807) is 6.07 Å². The van der Waals surface area contributed by atoms with Gasteiger partial charge in [-0.1, -0.05) is 36.2 Å².